The zero-order chi connectivity index (χ0) is 18.7. The fraction of sp³-hybridized carbons (Fsp3) is 0.318. The van der Waals surface area contributed by atoms with Gasteiger partial charge in [0.05, 0.1) is 5.57 Å². The fourth-order valence-corrected chi connectivity index (χ4v) is 3.26. The number of benzene rings is 2. The Labute approximate surface area is 159 Å². The van der Waals surface area contributed by atoms with Crippen molar-refractivity contribution in [3.05, 3.63) is 69.8 Å². The Morgan fingerprint density at radius 3 is 2.42 bits per heavy atom. The van der Waals surface area contributed by atoms with Gasteiger partial charge in [-0.05, 0) is 80.0 Å². The summed E-state index contributed by atoms with van der Waals surface area (Å²) in [5.74, 6) is 0.678. The molecule has 0 radical (unpaired) electrons. The van der Waals surface area contributed by atoms with Crippen molar-refractivity contribution in [2.45, 2.75) is 39.7 Å². The van der Waals surface area contributed by atoms with E-state index in [0.29, 0.717) is 16.2 Å². The van der Waals surface area contributed by atoms with E-state index in [4.69, 9.17) is 16.3 Å². The van der Waals surface area contributed by atoms with Gasteiger partial charge in [-0.3, -0.25) is 0 Å². The second-order valence-electron chi connectivity index (χ2n) is 7.06. The van der Waals surface area contributed by atoms with Crippen LogP contribution in [0, 0.1) is 5.92 Å². The van der Waals surface area contributed by atoms with Crippen molar-refractivity contribution in [2.75, 3.05) is 0 Å². The Morgan fingerprint density at radius 1 is 1.15 bits per heavy atom. The smallest absolute Gasteiger partial charge is 0.336 e. The van der Waals surface area contributed by atoms with Crippen molar-refractivity contribution in [2.24, 2.45) is 5.92 Å². The van der Waals surface area contributed by atoms with Crippen LogP contribution in [0.1, 0.15) is 43.4 Å². The molecule has 1 aliphatic carbocycles. The van der Waals surface area contributed by atoms with Crippen LogP contribution in [0.4, 0.5) is 0 Å². The van der Waals surface area contributed by atoms with Crippen LogP contribution < -0.4 is 4.74 Å². The van der Waals surface area contributed by atoms with Crippen molar-refractivity contribution >= 4 is 23.1 Å². The van der Waals surface area contributed by atoms with E-state index in [9.17, 15) is 9.90 Å². The van der Waals surface area contributed by atoms with Crippen molar-refractivity contribution in [3.63, 3.8) is 0 Å². The molecule has 0 unspecified atom stereocenters. The Kier molecular flexibility index (Phi) is 5.67. The lowest BCUT2D eigenvalue weighted by Crippen LogP contribution is -2.07. The summed E-state index contributed by atoms with van der Waals surface area (Å²) in [5, 5.41) is 10.1. The van der Waals surface area contributed by atoms with Crippen LogP contribution in [-0.4, -0.2) is 11.1 Å². The molecule has 1 fully saturated rings. The van der Waals surface area contributed by atoms with Crippen molar-refractivity contribution in [3.8, 4) is 5.75 Å². The minimum absolute atomic E-state index is 0.266. The first-order chi connectivity index (χ1) is 12.4. The first-order valence-electron chi connectivity index (χ1n) is 8.85. The Bertz CT molecular complexity index is 829. The van der Waals surface area contributed by atoms with E-state index in [1.165, 1.54) is 18.4 Å². The number of carboxylic acid groups (broad SMARTS) is 1. The first kappa shape index (κ1) is 18.5. The van der Waals surface area contributed by atoms with Gasteiger partial charge < -0.3 is 9.84 Å². The van der Waals surface area contributed by atoms with Crippen LogP contribution in [0.25, 0.3) is 5.57 Å². The minimum Gasteiger partial charge on any atom is -0.489 e. The molecule has 0 saturated heterocycles. The molecule has 0 spiro atoms. The molecule has 0 atom stereocenters. The number of halogens is 1. The number of rotatable bonds is 7. The predicted molar refractivity (Wildman–Crippen MR) is 105 cm³/mol. The van der Waals surface area contributed by atoms with Gasteiger partial charge in [-0.2, -0.15) is 0 Å². The van der Waals surface area contributed by atoms with E-state index in [-0.39, 0.29) is 6.61 Å². The lowest BCUT2D eigenvalue weighted by atomic mass is 9.97. The maximum absolute atomic E-state index is 11.7. The van der Waals surface area contributed by atoms with E-state index in [2.05, 4.69) is 12.1 Å². The first-order valence-corrected chi connectivity index (χ1v) is 9.23. The molecular formula is C22H23ClO3. The van der Waals surface area contributed by atoms with Gasteiger partial charge in [0.1, 0.15) is 12.4 Å². The summed E-state index contributed by atoms with van der Waals surface area (Å²) in [7, 11) is 0. The van der Waals surface area contributed by atoms with Gasteiger partial charge in [-0.25, -0.2) is 4.79 Å². The standard InChI is InChI=1S/C22H23ClO3/c1-14(2)21(22(24)25)20-10-7-18(23)12-17(20)13-26-19-8-5-16(6-9-19)11-15-3-4-15/h5-10,12,15H,3-4,11,13H2,1-2H3,(H,24,25). The third kappa shape index (κ3) is 4.67. The van der Waals surface area contributed by atoms with E-state index < -0.39 is 5.97 Å². The molecule has 1 N–H and O–H groups in total. The summed E-state index contributed by atoms with van der Waals surface area (Å²) in [6.07, 6.45) is 3.82. The van der Waals surface area contributed by atoms with Crippen LogP contribution in [-0.2, 0) is 17.8 Å². The molecule has 1 saturated carbocycles. The molecule has 136 valence electrons. The number of carbonyl (C=O) groups is 1. The van der Waals surface area contributed by atoms with E-state index >= 15 is 0 Å². The number of aliphatic carboxylic acids is 1. The van der Waals surface area contributed by atoms with Crippen LogP contribution in [0.15, 0.2) is 48.0 Å². The van der Waals surface area contributed by atoms with E-state index in [1.54, 1.807) is 32.0 Å². The molecule has 3 rings (SSSR count). The normalized spacial score (nSPS) is 13.3. The summed E-state index contributed by atoms with van der Waals surface area (Å²) in [6, 6.07) is 13.4. The predicted octanol–water partition coefficient (Wildman–Crippen LogP) is 5.75. The lowest BCUT2D eigenvalue weighted by Gasteiger charge is -2.14. The third-order valence-corrected chi connectivity index (χ3v) is 4.82. The topological polar surface area (TPSA) is 46.5 Å². The van der Waals surface area contributed by atoms with Crippen molar-refractivity contribution < 1.29 is 14.6 Å². The Morgan fingerprint density at radius 2 is 1.85 bits per heavy atom. The van der Waals surface area contributed by atoms with Gasteiger partial charge in [0.25, 0.3) is 0 Å². The Hall–Kier alpha value is -2.26. The molecule has 0 bridgehead atoms. The quantitative estimate of drug-likeness (QED) is 0.631. The maximum atomic E-state index is 11.7. The van der Waals surface area contributed by atoms with E-state index in [0.717, 1.165) is 29.2 Å². The van der Waals surface area contributed by atoms with Crippen LogP contribution >= 0.6 is 11.6 Å². The average Bonchev–Trinajstić information content (AvgIpc) is 3.39. The van der Waals surface area contributed by atoms with Crippen LogP contribution in [0.2, 0.25) is 5.02 Å². The second-order valence-corrected chi connectivity index (χ2v) is 7.50. The zero-order valence-electron chi connectivity index (χ0n) is 15.1. The van der Waals surface area contributed by atoms with Crippen molar-refractivity contribution in [1.29, 1.82) is 0 Å². The lowest BCUT2D eigenvalue weighted by molar-refractivity contribution is -0.130. The summed E-state index contributed by atoms with van der Waals surface area (Å²) in [4.78, 5) is 11.7. The van der Waals surface area contributed by atoms with Crippen molar-refractivity contribution in [1.82, 2.24) is 0 Å². The summed E-state index contributed by atoms with van der Waals surface area (Å²) >= 11 is 6.12. The highest BCUT2D eigenvalue weighted by atomic mass is 35.5. The van der Waals surface area contributed by atoms with Gasteiger partial charge in [0.2, 0.25) is 0 Å². The fourth-order valence-electron chi connectivity index (χ4n) is 3.06. The SMILES string of the molecule is CC(C)=C(C(=O)O)c1ccc(Cl)cc1COc1ccc(CC2CC2)cc1. The number of ether oxygens (including phenoxy) is 1. The largest absolute Gasteiger partial charge is 0.489 e. The van der Waals surface area contributed by atoms with Gasteiger partial charge >= 0.3 is 5.97 Å². The molecule has 3 nitrogen and oxygen atoms in total. The second kappa shape index (κ2) is 7.96. The van der Waals surface area contributed by atoms with Crippen LogP contribution in [0.3, 0.4) is 0 Å². The summed E-state index contributed by atoms with van der Waals surface area (Å²) in [6.45, 7) is 3.85. The van der Waals surface area contributed by atoms with Gasteiger partial charge in [0, 0.05) is 5.02 Å². The molecule has 0 heterocycles. The van der Waals surface area contributed by atoms with Gasteiger partial charge in [0.15, 0.2) is 0 Å². The Balaban J connectivity index is 1.77. The molecule has 2 aromatic carbocycles. The number of hydrogen-bond acceptors (Lipinski definition) is 2. The molecule has 0 aromatic heterocycles. The summed E-state index contributed by atoms with van der Waals surface area (Å²) in [5.41, 5.74) is 3.77. The van der Waals surface area contributed by atoms with Gasteiger partial charge in [-0.1, -0.05) is 35.4 Å². The molecule has 4 heteroatoms. The molecule has 1 aliphatic rings. The minimum atomic E-state index is -0.946. The zero-order valence-corrected chi connectivity index (χ0v) is 15.8. The van der Waals surface area contributed by atoms with Crippen LogP contribution in [0.5, 0.6) is 5.75 Å². The number of hydrogen-bond donors (Lipinski definition) is 1. The highest BCUT2D eigenvalue weighted by molar-refractivity contribution is 6.30. The highest BCUT2D eigenvalue weighted by Crippen LogP contribution is 2.33. The molecular weight excluding hydrogens is 348 g/mol. The summed E-state index contributed by atoms with van der Waals surface area (Å²) < 4.78 is 5.90. The third-order valence-electron chi connectivity index (χ3n) is 4.59. The average molecular weight is 371 g/mol. The van der Waals surface area contributed by atoms with Gasteiger partial charge in [-0.15, -0.1) is 0 Å². The monoisotopic (exact) mass is 370 g/mol. The maximum Gasteiger partial charge on any atom is 0.336 e. The number of allylic oxidation sites excluding steroid dienone is 1. The molecule has 0 aliphatic heterocycles. The number of carboxylic acids is 1. The molecule has 26 heavy (non-hydrogen) atoms. The van der Waals surface area contributed by atoms with E-state index in [1.807, 2.05) is 12.1 Å². The molecule has 2 aromatic rings. The highest BCUT2D eigenvalue weighted by Gasteiger charge is 2.21. The molecule has 0 amide bonds.